The van der Waals surface area contributed by atoms with Gasteiger partial charge in [0, 0.05) is 0 Å². The highest BCUT2D eigenvalue weighted by Gasteiger charge is 2.37. The van der Waals surface area contributed by atoms with Crippen LogP contribution in [0.15, 0.2) is 47.4 Å². The quantitative estimate of drug-likeness (QED) is 0.730. The number of hydrogen-bond donors (Lipinski definition) is 0. The second-order valence-electron chi connectivity index (χ2n) is 5.74. The van der Waals surface area contributed by atoms with Crippen LogP contribution in [0.25, 0.3) is 6.08 Å². The SMILES string of the molecule is CCOc1ccc(/C=C2\SC(=O)N(c3cccc(C)c3C)C2=O)cc1. The molecule has 1 heterocycles. The third-order valence-corrected chi connectivity index (χ3v) is 4.97. The fourth-order valence-electron chi connectivity index (χ4n) is 2.63. The third kappa shape index (κ3) is 3.46. The van der Waals surface area contributed by atoms with Crippen molar-refractivity contribution in [2.75, 3.05) is 11.5 Å². The lowest BCUT2D eigenvalue weighted by molar-refractivity contribution is -0.113. The van der Waals surface area contributed by atoms with Crippen molar-refractivity contribution in [2.45, 2.75) is 20.8 Å². The zero-order valence-corrected chi connectivity index (χ0v) is 15.2. The Balaban J connectivity index is 1.89. The molecule has 2 aromatic carbocycles. The minimum Gasteiger partial charge on any atom is -0.494 e. The van der Waals surface area contributed by atoms with Gasteiger partial charge in [0.15, 0.2) is 0 Å². The van der Waals surface area contributed by atoms with E-state index in [0.717, 1.165) is 34.2 Å². The van der Waals surface area contributed by atoms with E-state index in [0.29, 0.717) is 17.2 Å². The molecule has 1 aliphatic rings. The number of thioether (sulfide) groups is 1. The lowest BCUT2D eigenvalue weighted by atomic mass is 10.1. The molecule has 1 fully saturated rings. The molecule has 3 rings (SSSR count). The highest BCUT2D eigenvalue weighted by atomic mass is 32.2. The van der Waals surface area contributed by atoms with Crippen LogP contribution in [-0.4, -0.2) is 17.8 Å². The first kappa shape index (κ1) is 17.3. The standard InChI is InChI=1S/C20H19NO3S/c1-4-24-16-10-8-15(9-11-16)12-18-19(22)21(20(23)25-18)17-7-5-6-13(2)14(17)3/h5-12H,4H2,1-3H3/b18-12-. The minimum atomic E-state index is -0.280. The lowest BCUT2D eigenvalue weighted by Crippen LogP contribution is -2.28. The Morgan fingerprint density at radius 3 is 2.48 bits per heavy atom. The number of rotatable bonds is 4. The van der Waals surface area contributed by atoms with Crippen molar-refractivity contribution in [1.29, 1.82) is 0 Å². The highest BCUT2D eigenvalue weighted by Crippen LogP contribution is 2.37. The molecule has 1 aliphatic heterocycles. The molecule has 1 saturated heterocycles. The van der Waals surface area contributed by atoms with Gasteiger partial charge in [-0.25, -0.2) is 4.90 Å². The maximum Gasteiger partial charge on any atom is 0.298 e. The van der Waals surface area contributed by atoms with E-state index >= 15 is 0 Å². The van der Waals surface area contributed by atoms with Crippen LogP contribution >= 0.6 is 11.8 Å². The van der Waals surface area contributed by atoms with Gasteiger partial charge in [0.1, 0.15) is 5.75 Å². The number of hydrogen-bond acceptors (Lipinski definition) is 4. The zero-order valence-electron chi connectivity index (χ0n) is 14.4. The molecule has 0 unspecified atom stereocenters. The fraction of sp³-hybridized carbons (Fsp3) is 0.200. The van der Waals surface area contributed by atoms with Crippen molar-refractivity contribution < 1.29 is 14.3 Å². The van der Waals surface area contributed by atoms with Crippen LogP contribution in [0.5, 0.6) is 5.75 Å². The van der Waals surface area contributed by atoms with Gasteiger partial charge in [-0.2, -0.15) is 0 Å². The summed E-state index contributed by atoms with van der Waals surface area (Å²) < 4.78 is 5.41. The number of anilines is 1. The van der Waals surface area contributed by atoms with Gasteiger partial charge in [0.2, 0.25) is 0 Å². The van der Waals surface area contributed by atoms with Crippen LogP contribution in [0.4, 0.5) is 10.5 Å². The number of ether oxygens (including phenoxy) is 1. The maximum absolute atomic E-state index is 12.7. The van der Waals surface area contributed by atoms with Crippen molar-refractivity contribution in [1.82, 2.24) is 0 Å². The minimum absolute atomic E-state index is 0.268. The molecule has 0 aliphatic carbocycles. The van der Waals surface area contributed by atoms with Crippen LogP contribution in [-0.2, 0) is 4.79 Å². The van der Waals surface area contributed by atoms with Gasteiger partial charge in [0.05, 0.1) is 17.2 Å². The summed E-state index contributed by atoms with van der Waals surface area (Å²) in [6, 6.07) is 13.1. The van der Waals surface area contributed by atoms with Gasteiger partial charge in [-0.05, 0) is 73.5 Å². The predicted octanol–water partition coefficient (Wildman–Crippen LogP) is 4.94. The maximum atomic E-state index is 12.7. The Morgan fingerprint density at radius 1 is 1.08 bits per heavy atom. The predicted molar refractivity (Wildman–Crippen MR) is 102 cm³/mol. The second kappa shape index (κ2) is 7.15. The topological polar surface area (TPSA) is 46.6 Å². The van der Waals surface area contributed by atoms with E-state index in [1.807, 2.05) is 57.2 Å². The Labute approximate surface area is 151 Å². The van der Waals surface area contributed by atoms with Gasteiger partial charge in [-0.3, -0.25) is 9.59 Å². The first-order valence-corrected chi connectivity index (χ1v) is 8.90. The van der Waals surface area contributed by atoms with Crippen LogP contribution < -0.4 is 9.64 Å². The van der Waals surface area contributed by atoms with Crippen molar-refractivity contribution in [3.05, 3.63) is 64.1 Å². The smallest absolute Gasteiger partial charge is 0.298 e. The number of aryl methyl sites for hydroxylation is 1. The summed E-state index contributed by atoms with van der Waals surface area (Å²) in [5.41, 5.74) is 3.49. The first-order valence-electron chi connectivity index (χ1n) is 8.08. The summed E-state index contributed by atoms with van der Waals surface area (Å²) in [6.07, 6.45) is 1.74. The summed E-state index contributed by atoms with van der Waals surface area (Å²) in [5.74, 6) is 0.501. The molecule has 2 amide bonds. The van der Waals surface area contributed by atoms with Crippen LogP contribution in [0.1, 0.15) is 23.6 Å². The van der Waals surface area contributed by atoms with Crippen molar-refractivity contribution in [3.8, 4) is 5.75 Å². The molecule has 0 saturated carbocycles. The van der Waals surface area contributed by atoms with Crippen LogP contribution in [0, 0.1) is 13.8 Å². The number of nitrogens with zero attached hydrogens (tertiary/aromatic N) is 1. The number of carbonyl (C=O) groups is 2. The van der Waals surface area contributed by atoms with Crippen molar-refractivity contribution in [2.24, 2.45) is 0 Å². The summed E-state index contributed by atoms with van der Waals surface area (Å²) in [7, 11) is 0. The van der Waals surface area contributed by atoms with E-state index in [2.05, 4.69) is 0 Å². The number of benzene rings is 2. The van der Waals surface area contributed by atoms with E-state index in [9.17, 15) is 9.59 Å². The highest BCUT2D eigenvalue weighted by molar-refractivity contribution is 8.19. The monoisotopic (exact) mass is 353 g/mol. The van der Waals surface area contributed by atoms with Gasteiger partial charge in [0.25, 0.3) is 11.1 Å². The molecule has 0 radical (unpaired) electrons. The van der Waals surface area contributed by atoms with Crippen molar-refractivity contribution in [3.63, 3.8) is 0 Å². The molecule has 128 valence electrons. The number of amides is 2. The molecule has 25 heavy (non-hydrogen) atoms. The van der Waals surface area contributed by atoms with Gasteiger partial charge in [-0.15, -0.1) is 0 Å². The molecule has 0 spiro atoms. The van der Waals surface area contributed by atoms with E-state index in [4.69, 9.17) is 4.74 Å². The number of carbonyl (C=O) groups excluding carboxylic acids is 2. The van der Waals surface area contributed by atoms with E-state index in [1.54, 1.807) is 12.1 Å². The lowest BCUT2D eigenvalue weighted by Gasteiger charge is -2.16. The summed E-state index contributed by atoms with van der Waals surface area (Å²) in [6.45, 7) is 6.42. The molecule has 0 bridgehead atoms. The van der Waals surface area contributed by atoms with Crippen LogP contribution in [0.3, 0.4) is 0 Å². The number of imide groups is 1. The van der Waals surface area contributed by atoms with Crippen LogP contribution in [0.2, 0.25) is 0 Å². The average molecular weight is 353 g/mol. The largest absolute Gasteiger partial charge is 0.494 e. The molecular formula is C20H19NO3S. The van der Waals surface area contributed by atoms with E-state index in [1.165, 1.54) is 4.90 Å². The fourth-order valence-corrected chi connectivity index (χ4v) is 3.47. The molecule has 0 aromatic heterocycles. The average Bonchev–Trinajstić information content (AvgIpc) is 2.86. The zero-order chi connectivity index (χ0) is 18.0. The van der Waals surface area contributed by atoms with E-state index in [-0.39, 0.29) is 11.1 Å². The van der Waals surface area contributed by atoms with E-state index < -0.39 is 0 Å². The van der Waals surface area contributed by atoms with Gasteiger partial charge in [-0.1, -0.05) is 24.3 Å². The Morgan fingerprint density at radius 2 is 1.80 bits per heavy atom. The van der Waals surface area contributed by atoms with Gasteiger partial charge >= 0.3 is 0 Å². The summed E-state index contributed by atoms with van der Waals surface area (Å²) in [5, 5.41) is -0.268. The Bertz CT molecular complexity index is 856. The summed E-state index contributed by atoms with van der Waals surface area (Å²) >= 11 is 0.968. The third-order valence-electron chi connectivity index (χ3n) is 4.10. The molecule has 5 heteroatoms. The molecule has 0 atom stereocenters. The normalized spacial score (nSPS) is 16.0. The molecule has 2 aromatic rings. The first-order chi connectivity index (χ1) is 12.0. The van der Waals surface area contributed by atoms with Gasteiger partial charge < -0.3 is 4.74 Å². The Kier molecular flexibility index (Phi) is 4.95. The molecule has 0 N–H and O–H groups in total. The van der Waals surface area contributed by atoms with Crippen molar-refractivity contribution >= 4 is 34.7 Å². The second-order valence-corrected chi connectivity index (χ2v) is 6.73. The summed E-state index contributed by atoms with van der Waals surface area (Å²) in [4.78, 5) is 26.8. The molecule has 4 nitrogen and oxygen atoms in total. The molecular weight excluding hydrogens is 334 g/mol. The Hall–Kier alpha value is -2.53.